The van der Waals surface area contributed by atoms with Gasteiger partial charge in [0.1, 0.15) is 0 Å². The van der Waals surface area contributed by atoms with Crippen LogP contribution in [0.1, 0.15) is 0 Å². The van der Waals surface area contributed by atoms with Crippen LogP contribution in [-0.4, -0.2) is 41.5 Å². The minimum absolute atomic E-state index is 0.148. The lowest BCUT2D eigenvalue weighted by Crippen LogP contribution is -2.19. The third kappa shape index (κ3) is 6.02. The number of sulfonamides is 1. The molecule has 1 rings (SSSR count). The van der Waals surface area contributed by atoms with E-state index in [-0.39, 0.29) is 4.90 Å². The van der Waals surface area contributed by atoms with E-state index in [0.717, 1.165) is 0 Å². The molecule has 0 aliphatic carbocycles. The Morgan fingerprint density at radius 3 is 2.18 bits per heavy atom. The summed E-state index contributed by atoms with van der Waals surface area (Å²) in [6.45, 7) is 0. The minimum Gasteiger partial charge on any atom is -0.399 e. The zero-order valence-electron chi connectivity index (χ0n) is 10.4. The molecular formula is C10H18BrN3O2S. The van der Waals surface area contributed by atoms with Crippen LogP contribution in [0.15, 0.2) is 27.6 Å². The molecule has 0 aromatic heterocycles. The average molecular weight is 324 g/mol. The summed E-state index contributed by atoms with van der Waals surface area (Å²) in [5, 5.41) is 0. The largest absolute Gasteiger partial charge is 0.399 e. The number of nitrogens with one attached hydrogen (secondary N) is 1. The molecule has 0 unspecified atom stereocenters. The van der Waals surface area contributed by atoms with Crippen molar-refractivity contribution in [3.8, 4) is 0 Å². The molecule has 0 saturated carbocycles. The van der Waals surface area contributed by atoms with Gasteiger partial charge in [-0.1, -0.05) is 0 Å². The summed E-state index contributed by atoms with van der Waals surface area (Å²) in [5.74, 6) is 0. The second-order valence-corrected chi connectivity index (χ2v) is 6.45. The summed E-state index contributed by atoms with van der Waals surface area (Å²) in [6, 6.07) is 4.62. The van der Waals surface area contributed by atoms with Crippen LogP contribution in [0.2, 0.25) is 0 Å². The van der Waals surface area contributed by atoms with Crippen LogP contribution in [0.25, 0.3) is 0 Å². The Morgan fingerprint density at radius 2 is 1.76 bits per heavy atom. The van der Waals surface area contributed by atoms with Crippen molar-refractivity contribution in [3.05, 3.63) is 22.7 Å². The lowest BCUT2D eigenvalue weighted by atomic mass is 10.3. The second kappa shape index (κ2) is 6.95. The standard InChI is InChI=1S/C7H9BrN2O2S.C3H9N/c1-10-13(11,12)7-4-5(9)2-3-6(7)8;1-4(2)3/h2-4,10H,9H2,1H3;1-3H3. The van der Waals surface area contributed by atoms with Gasteiger partial charge in [0.05, 0.1) is 4.90 Å². The van der Waals surface area contributed by atoms with Gasteiger partial charge in [0.25, 0.3) is 0 Å². The third-order valence-electron chi connectivity index (χ3n) is 1.51. The first-order valence-corrected chi connectivity index (χ1v) is 7.08. The Morgan fingerprint density at radius 1 is 1.29 bits per heavy atom. The molecule has 0 heterocycles. The Labute approximate surface area is 111 Å². The Bertz CT molecular complexity index is 458. The zero-order chi connectivity index (χ0) is 13.6. The number of nitrogens with zero attached hydrogens (tertiary/aromatic N) is 1. The first kappa shape index (κ1) is 16.4. The number of halogens is 1. The maximum absolute atomic E-state index is 11.4. The fourth-order valence-electron chi connectivity index (χ4n) is 0.836. The second-order valence-electron chi connectivity index (χ2n) is 3.74. The van der Waals surface area contributed by atoms with Gasteiger partial charge in [0.2, 0.25) is 10.0 Å². The molecule has 0 aliphatic heterocycles. The van der Waals surface area contributed by atoms with E-state index < -0.39 is 10.0 Å². The first-order chi connectivity index (χ1) is 7.70. The van der Waals surface area contributed by atoms with Crippen molar-refractivity contribution in [2.45, 2.75) is 4.90 Å². The van der Waals surface area contributed by atoms with Gasteiger partial charge in [-0.05, 0) is 62.3 Å². The number of nitrogens with two attached hydrogens (primary N) is 1. The van der Waals surface area contributed by atoms with Crippen molar-refractivity contribution >= 4 is 31.6 Å². The highest BCUT2D eigenvalue weighted by atomic mass is 79.9. The molecule has 1 aromatic carbocycles. The van der Waals surface area contributed by atoms with Crippen LogP contribution in [0.5, 0.6) is 0 Å². The third-order valence-corrected chi connectivity index (χ3v) is 3.92. The summed E-state index contributed by atoms with van der Waals surface area (Å²) in [4.78, 5) is 2.15. The van der Waals surface area contributed by atoms with E-state index in [0.29, 0.717) is 10.2 Å². The summed E-state index contributed by atoms with van der Waals surface area (Å²) < 4.78 is 25.5. The molecular weight excluding hydrogens is 306 g/mol. The monoisotopic (exact) mass is 323 g/mol. The lowest BCUT2D eigenvalue weighted by molar-refractivity contribution is 0.505. The predicted molar refractivity (Wildman–Crippen MR) is 74.4 cm³/mol. The van der Waals surface area contributed by atoms with Crippen molar-refractivity contribution in [1.82, 2.24) is 9.62 Å². The highest BCUT2D eigenvalue weighted by molar-refractivity contribution is 9.10. The smallest absolute Gasteiger partial charge is 0.241 e. The van der Waals surface area contributed by atoms with Crippen LogP contribution >= 0.6 is 15.9 Å². The maximum atomic E-state index is 11.4. The first-order valence-electron chi connectivity index (χ1n) is 4.80. The molecule has 0 radical (unpaired) electrons. The van der Waals surface area contributed by atoms with Crippen molar-refractivity contribution in [1.29, 1.82) is 0 Å². The molecule has 0 bridgehead atoms. The highest BCUT2D eigenvalue weighted by Crippen LogP contribution is 2.23. The van der Waals surface area contributed by atoms with E-state index >= 15 is 0 Å². The van der Waals surface area contributed by atoms with E-state index in [1.165, 1.54) is 13.1 Å². The van der Waals surface area contributed by atoms with Crippen LogP contribution in [-0.2, 0) is 10.0 Å². The zero-order valence-corrected chi connectivity index (χ0v) is 12.8. The van der Waals surface area contributed by atoms with Crippen LogP contribution in [0, 0.1) is 0 Å². The molecule has 1 aromatic rings. The number of rotatable bonds is 2. The van der Waals surface area contributed by atoms with Gasteiger partial charge in [-0.25, -0.2) is 13.1 Å². The SMILES string of the molecule is CN(C)C.CNS(=O)(=O)c1cc(N)ccc1Br. The molecule has 17 heavy (non-hydrogen) atoms. The lowest BCUT2D eigenvalue weighted by Gasteiger charge is -2.05. The Balaban J connectivity index is 0.000000557. The van der Waals surface area contributed by atoms with E-state index in [2.05, 4.69) is 20.7 Å². The molecule has 5 nitrogen and oxygen atoms in total. The van der Waals surface area contributed by atoms with Gasteiger partial charge in [-0.3, -0.25) is 0 Å². The molecule has 0 saturated heterocycles. The average Bonchev–Trinajstić information content (AvgIpc) is 2.20. The van der Waals surface area contributed by atoms with E-state index in [4.69, 9.17) is 5.73 Å². The molecule has 0 atom stereocenters. The maximum Gasteiger partial charge on any atom is 0.241 e. The highest BCUT2D eigenvalue weighted by Gasteiger charge is 2.14. The quantitative estimate of drug-likeness (QED) is 0.800. The van der Waals surface area contributed by atoms with E-state index in [9.17, 15) is 8.42 Å². The molecule has 0 amide bonds. The summed E-state index contributed by atoms with van der Waals surface area (Å²) in [6.07, 6.45) is 0. The topological polar surface area (TPSA) is 75.4 Å². The fraction of sp³-hybridized carbons (Fsp3) is 0.400. The van der Waals surface area contributed by atoms with Crippen molar-refractivity contribution in [2.75, 3.05) is 33.9 Å². The Hall–Kier alpha value is -0.630. The van der Waals surface area contributed by atoms with Crippen molar-refractivity contribution in [2.24, 2.45) is 0 Å². The molecule has 0 fully saturated rings. The number of anilines is 1. The number of nitrogen functional groups attached to an aromatic ring is 1. The molecule has 0 spiro atoms. The van der Waals surface area contributed by atoms with Crippen molar-refractivity contribution in [3.63, 3.8) is 0 Å². The van der Waals surface area contributed by atoms with Gasteiger partial charge in [0.15, 0.2) is 0 Å². The van der Waals surface area contributed by atoms with Crippen LogP contribution in [0.4, 0.5) is 5.69 Å². The van der Waals surface area contributed by atoms with Crippen LogP contribution in [0.3, 0.4) is 0 Å². The van der Waals surface area contributed by atoms with Crippen molar-refractivity contribution < 1.29 is 8.42 Å². The minimum atomic E-state index is -3.43. The van der Waals surface area contributed by atoms with Gasteiger partial charge >= 0.3 is 0 Å². The molecule has 7 heteroatoms. The van der Waals surface area contributed by atoms with E-state index in [1.54, 1.807) is 12.1 Å². The Kier molecular flexibility index (Phi) is 6.69. The molecule has 0 aliphatic rings. The molecule has 98 valence electrons. The summed E-state index contributed by atoms with van der Waals surface area (Å²) >= 11 is 3.13. The fourth-order valence-corrected chi connectivity index (χ4v) is 2.56. The van der Waals surface area contributed by atoms with Crippen LogP contribution < -0.4 is 10.5 Å². The summed E-state index contributed by atoms with van der Waals surface area (Å²) in [7, 11) is 3.92. The van der Waals surface area contributed by atoms with E-state index in [1.807, 2.05) is 26.0 Å². The number of hydrogen-bond acceptors (Lipinski definition) is 4. The predicted octanol–water partition coefficient (Wildman–Crippen LogP) is 1.12. The van der Waals surface area contributed by atoms with Gasteiger partial charge in [-0.2, -0.15) is 0 Å². The number of hydrogen-bond donors (Lipinski definition) is 2. The molecule has 3 N–H and O–H groups in total. The van der Waals surface area contributed by atoms with Gasteiger partial charge < -0.3 is 10.6 Å². The normalized spacial score (nSPS) is 10.9. The van der Waals surface area contributed by atoms with Gasteiger partial charge in [0, 0.05) is 10.2 Å². The summed E-state index contributed by atoms with van der Waals surface area (Å²) in [5.41, 5.74) is 5.88. The number of benzene rings is 1. The van der Waals surface area contributed by atoms with Gasteiger partial charge in [-0.15, -0.1) is 0 Å².